The molecule has 2 aromatic rings. The van der Waals surface area contributed by atoms with E-state index in [4.69, 9.17) is 9.92 Å². The fourth-order valence-electron chi connectivity index (χ4n) is 2.23. The highest BCUT2D eigenvalue weighted by atomic mass is 32.2. The Morgan fingerprint density at radius 1 is 1.25 bits per heavy atom. The molecule has 1 heterocycles. The maximum atomic E-state index is 11.7. The van der Waals surface area contributed by atoms with Crippen molar-refractivity contribution in [2.24, 2.45) is 11.7 Å². The number of hydrogen-bond acceptors (Lipinski definition) is 8. The Bertz CT molecular complexity index is 976. The molecule has 10 heteroatoms. The van der Waals surface area contributed by atoms with Crippen molar-refractivity contribution in [3.8, 4) is 5.75 Å². The number of carbonyl (C=O) groups excluding carboxylic acids is 1. The molecule has 0 aliphatic carbocycles. The van der Waals surface area contributed by atoms with E-state index >= 15 is 0 Å². The first-order valence-corrected chi connectivity index (χ1v) is 10.5. The molecular weight excluding hydrogens is 382 g/mol. The molecule has 0 saturated carbocycles. The molecule has 4 N–H and O–H groups in total. The highest BCUT2D eigenvalue weighted by Gasteiger charge is 2.16. The van der Waals surface area contributed by atoms with Crippen LogP contribution in [0.5, 0.6) is 5.75 Å². The number of aryl methyl sites for hydroxylation is 1. The van der Waals surface area contributed by atoms with Gasteiger partial charge in [0.25, 0.3) is 5.91 Å². The summed E-state index contributed by atoms with van der Waals surface area (Å²) >= 11 is 0. The number of nitrogens with zero attached hydrogens (tertiary/aromatic N) is 2. The number of primary amides is 1. The second-order valence-corrected chi connectivity index (χ2v) is 8.46. The third-order valence-electron chi connectivity index (χ3n) is 4.09. The zero-order valence-electron chi connectivity index (χ0n) is 16.5. The minimum Gasteiger partial charge on any atom is -0.382 e. The molecule has 0 radical (unpaired) electrons. The van der Waals surface area contributed by atoms with Crippen LogP contribution in [0.4, 0.5) is 17.5 Å². The quantitative estimate of drug-likeness (QED) is 0.568. The Morgan fingerprint density at radius 3 is 2.46 bits per heavy atom. The van der Waals surface area contributed by atoms with Gasteiger partial charge in [-0.1, -0.05) is 13.8 Å². The van der Waals surface area contributed by atoms with Crippen LogP contribution < -0.4 is 20.6 Å². The molecule has 2 rings (SSSR count). The largest absolute Gasteiger partial charge is 0.382 e. The van der Waals surface area contributed by atoms with Crippen molar-refractivity contribution in [3.63, 3.8) is 0 Å². The maximum absolute atomic E-state index is 11.7. The van der Waals surface area contributed by atoms with Crippen molar-refractivity contribution >= 4 is 33.5 Å². The number of nitrogens with two attached hydrogens (primary N) is 1. The van der Waals surface area contributed by atoms with Crippen molar-refractivity contribution in [1.82, 2.24) is 9.97 Å². The number of rotatable bonds is 8. The van der Waals surface area contributed by atoms with Gasteiger partial charge in [0.15, 0.2) is 0 Å². The van der Waals surface area contributed by atoms with Gasteiger partial charge in [-0.15, -0.1) is 0 Å². The van der Waals surface area contributed by atoms with Crippen LogP contribution in [0.3, 0.4) is 0 Å². The highest BCUT2D eigenvalue weighted by molar-refractivity contribution is 7.86. The van der Waals surface area contributed by atoms with Crippen LogP contribution in [0.2, 0.25) is 0 Å². The van der Waals surface area contributed by atoms with Crippen LogP contribution in [0.1, 0.15) is 36.7 Å². The molecule has 28 heavy (non-hydrogen) atoms. The van der Waals surface area contributed by atoms with Crippen LogP contribution in [-0.4, -0.2) is 36.6 Å². The van der Waals surface area contributed by atoms with Crippen LogP contribution in [0.15, 0.2) is 24.4 Å². The average molecular weight is 407 g/mol. The predicted molar refractivity (Wildman–Crippen MR) is 108 cm³/mol. The number of carbonyl (C=O) groups is 1. The minimum absolute atomic E-state index is 0.0653. The van der Waals surface area contributed by atoms with E-state index in [0.29, 0.717) is 23.0 Å². The second kappa shape index (κ2) is 8.42. The van der Waals surface area contributed by atoms with E-state index in [1.54, 1.807) is 19.1 Å². The van der Waals surface area contributed by atoms with Crippen molar-refractivity contribution in [3.05, 3.63) is 35.5 Å². The number of benzene rings is 1. The first-order chi connectivity index (χ1) is 13.0. The van der Waals surface area contributed by atoms with Crippen LogP contribution in [0.25, 0.3) is 0 Å². The molecule has 0 saturated heterocycles. The van der Waals surface area contributed by atoms with Gasteiger partial charge in [0.1, 0.15) is 11.6 Å². The van der Waals surface area contributed by atoms with Gasteiger partial charge in [-0.25, -0.2) is 4.98 Å². The van der Waals surface area contributed by atoms with E-state index in [1.165, 1.54) is 12.3 Å². The first-order valence-electron chi connectivity index (χ1n) is 8.66. The zero-order valence-corrected chi connectivity index (χ0v) is 17.3. The first kappa shape index (κ1) is 21.4. The molecule has 0 bridgehead atoms. The molecule has 1 amide bonds. The normalized spacial score (nSPS) is 12.5. The summed E-state index contributed by atoms with van der Waals surface area (Å²) < 4.78 is 27.5. The maximum Gasteiger partial charge on any atom is 0.306 e. The van der Waals surface area contributed by atoms with Gasteiger partial charge in [-0.3, -0.25) is 4.79 Å². The van der Waals surface area contributed by atoms with Gasteiger partial charge in [0, 0.05) is 17.9 Å². The lowest BCUT2D eigenvalue weighted by Gasteiger charge is -2.20. The molecule has 1 aromatic carbocycles. The molecule has 0 aliphatic heterocycles. The molecule has 9 nitrogen and oxygen atoms in total. The summed E-state index contributed by atoms with van der Waals surface area (Å²) in [7, 11) is -3.61. The van der Waals surface area contributed by atoms with E-state index in [-0.39, 0.29) is 23.3 Å². The molecular formula is C18H25N5O4S. The molecule has 0 unspecified atom stereocenters. The number of hydrogen-bond donors (Lipinski definition) is 3. The smallest absolute Gasteiger partial charge is 0.306 e. The van der Waals surface area contributed by atoms with Gasteiger partial charge in [0.05, 0.1) is 11.8 Å². The lowest BCUT2D eigenvalue weighted by Crippen LogP contribution is -2.25. The van der Waals surface area contributed by atoms with E-state index in [0.717, 1.165) is 6.26 Å². The Hall–Kier alpha value is -2.88. The number of nitrogens with one attached hydrogen (secondary N) is 2. The van der Waals surface area contributed by atoms with Crippen molar-refractivity contribution in [2.45, 2.75) is 33.7 Å². The average Bonchev–Trinajstić information content (AvgIpc) is 2.56. The summed E-state index contributed by atoms with van der Waals surface area (Å²) in [5.41, 5.74) is 6.87. The topological polar surface area (TPSA) is 136 Å². The third kappa shape index (κ3) is 5.81. The van der Waals surface area contributed by atoms with Gasteiger partial charge in [-0.05, 0) is 43.5 Å². The number of anilines is 3. The lowest BCUT2D eigenvalue weighted by atomic mass is 10.1. The molecule has 1 atom stereocenters. The third-order valence-corrected chi connectivity index (χ3v) is 4.57. The summed E-state index contributed by atoms with van der Waals surface area (Å²) in [6.07, 6.45) is 2.35. The predicted octanol–water partition coefficient (Wildman–Crippen LogP) is 2.42. The van der Waals surface area contributed by atoms with Crippen LogP contribution in [0, 0.1) is 12.8 Å². The monoisotopic (exact) mass is 407 g/mol. The van der Waals surface area contributed by atoms with Gasteiger partial charge in [-0.2, -0.15) is 13.4 Å². The summed E-state index contributed by atoms with van der Waals surface area (Å²) in [5, 5.41) is 6.21. The van der Waals surface area contributed by atoms with Gasteiger partial charge < -0.3 is 20.6 Å². The fraction of sp³-hybridized carbons (Fsp3) is 0.389. The van der Waals surface area contributed by atoms with E-state index in [9.17, 15) is 13.2 Å². The summed E-state index contributed by atoms with van der Waals surface area (Å²) in [4.78, 5) is 20.1. The Labute approximate surface area is 164 Å². The van der Waals surface area contributed by atoms with E-state index < -0.39 is 16.0 Å². The molecule has 0 fully saturated rings. The van der Waals surface area contributed by atoms with E-state index in [2.05, 4.69) is 20.6 Å². The molecule has 0 aliphatic rings. The van der Waals surface area contributed by atoms with Crippen molar-refractivity contribution in [1.29, 1.82) is 0 Å². The summed E-state index contributed by atoms with van der Waals surface area (Å²) in [5.74, 6) is 0.547. The number of aromatic nitrogens is 2. The van der Waals surface area contributed by atoms with Crippen LogP contribution >= 0.6 is 0 Å². The molecule has 152 valence electrons. The summed E-state index contributed by atoms with van der Waals surface area (Å²) in [6.45, 7) is 7.80. The van der Waals surface area contributed by atoms with Crippen molar-refractivity contribution < 1.29 is 17.4 Å². The number of amides is 1. The fourth-order valence-corrected chi connectivity index (χ4v) is 2.74. The Morgan fingerprint density at radius 2 is 1.93 bits per heavy atom. The van der Waals surface area contributed by atoms with E-state index in [1.807, 2.05) is 20.8 Å². The van der Waals surface area contributed by atoms with Crippen LogP contribution in [-0.2, 0) is 10.1 Å². The SMILES string of the molecule is Cc1cc(Nc2ncc(C(N)=O)c(N[C@H](C)C(C)C)n2)ccc1OS(C)(=O)=O. The second-order valence-electron chi connectivity index (χ2n) is 6.89. The minimum atomic E-state index is -3.61. The lowest BCUT2D eigenvalue weighted by molar-refractivity contribution is 0.100. The molecule has 1 aromatic heterocycles. The Balaban J connectivity index is 2.28. The Kier molecular flexibility index (Phi) is 6.45. The zero-order chi connectivity index (χ0) is 21.1. The molecule has 0 spiro atoms. The standard InChI is InChI=1S/C18H25N5O4S/c1-10(2)12(4)21-17-14(16(19)24)9-20-18(23-17)22-13-6-7-15(11(3)8-13)27-28(5,25)26/h6-10,12H,1-5H3,(H2,19,24)(H2,20,21,22,23)/t12-/m1/s1. The highest BCUT2D eigenvalue weighted by Crippen LogP contribution is 2.25. The van der Waals surface area contributed by atoms with Crippen molar-refractivity contribution in [2.75, 3.05) is 16.9 Å². The van der Waals surface area contributed by atoms with Gasteiger partial charge >= 0.3 is 10.1 Å². The van der Waals surface area contributed by atoms with Gasteiger partial charge in [0.2, 0.25) is 5.95 Å². The summed E-state index contributed by atoms with van der Waals surface area (Å²) in [6, 6.07) is 4.95.